The molecule has 2 N–H and O–H groups in total. The number of aliphatic carboxylic acids is 1. The van der Waals surface area contributed by atoms with Crippen molar-refractivity contribution in [2.24, 2.45) is 5.92 Å². The first kappa shape index (κ1) is 14.0. The van der Waals surface area contributed by atoms with Gasteiger partial charge in [-0.1, -0.05) is 13.8 Å². The highest BCUT2D eigenvalue weighted by Crippen LogP contribution is 2.20. The molecular formula is C10H14N2O3S2. The van der Waals surface area contributed by atoms with E-state index in [-0.39, 0.29) is 17.6 Å². The fraction of sp³-hybridized carbons (Fsp3) is 0.500. The molecule has 1 amide bonds. The molecule has 7 heteroatoms. The van der Waals surface area contributed by atoms with Crippen LogP contribution in [0.15, 0.2) is 11.6 Å². The molecule has 0 aliphatic rings. The maximum absolute atomic E-state index is 11.5. The summed E-state index contributed by atoms with van der Waals surface area (Å²) in [5.41, 5.74) is 0. The average molecular weight is 274 g/mol. The first-order valence-electron chi connectivity index (χ1n) is 5.04. The third-order valence-corrected chi connectivity index (χ3v) is 4.14. The molecule has 0 spiro atoms. The Balaban J connectivity index is 2.39. The van der Waals surface area contributed by atoms with Gasteiger partial charge >= 0.3 is 5.97 Å². The van der Waals surface area contributed by atoms with Crippen molar-refractivity contribution in [2.75, 3.05) is 11.1 Å². The second-order valence-corrected chi connectivity index (χ2v) is 5.72. The van der Waals surface area contributed by atoms with E-state index in [0.717, 1.165) is 11.8 Å². The van der Waals surface area contributed by atoms with Crippen molar-refractivity contribution in [3.05, 3.63) is 11.6 Å². The summed E-state index contributed by atoms with van der Waals surface area (Å²) < 4.78 is 0. The van der Waals surface area contributed by atoms with E-state index < -0.39 is 11.2 Å². The van der Waals surface area contributed by atoms with E-state index in [1.807, 2.05) is 13.8 Å². The maximum Gasteiger partial charge on any atom is 0.316 e. The van der Waals surface area contributed by atoms with E-state index in [9.17, 15) is 9.59 Å². The molecule has 0 bridgehead atoms. The van der Waals surface area contributed by atoms with Crippen LogP contribution in [0.25, 0.3) is 0 Å². The smallest absolute Gasteiger partial charge is 0.316 e. The fourth-order valence-corrected chi connectivity index (χ4v) is 2.63. The topological polar surface area (TPSA) is 79.3 Å². The molecule has 94 valence electrons. The van der Waals surface area contributed by atoms with Gasteiger partial charge in [0.05, 0.1) is 5.75 Å². The number of carboxylic acids is 1. The third kappa shape index (κ3) is 4.74. The van der Waals surface area contributed by atoms with Crippen LogP contribution in [0, 0.1) is 5.92 Å². The van der Waals surface area contributed by atoms with Crippen LogP contribution < -0.4 is 5.32 Å². The molecule has 5 nitrogen and oxygen atoms in total. The van der Waals surface area contributed by atoms with Crippen molar-refractivity contribution in [1.82, 2.24) is 4.98 Å². The number of thioether (sulfide) groups is 1. The highest BCUT2D eigenvalue weighted by Gasteiger charge is 2.22. The Hall–Kier alpha value is -1.08. The lowest BCUT2D eigenvalue weighted by molar-refractivity contribution is -0.137. The Morgan fingerprint density at radius 2 is 2.29 bits per heavy atom. The lowest BCUT2D eigenvalue weighted by Crippen LogP contribution is -2.25. The lowest BCUT2D eigenvalue weighted by Gasteiger charge is -2.14. The summed E-state index contributed by atoms with van der Waals surface area (Å²) in [6.07, 6.45) is 1.60. The average Bonchev–Trinajstić information content (AvgIpc) is 2.69. The Bertz CT molecular complexity index is 379. The number of nitrogens with one attached hydrogen (secondary N) is 1. The van der Waals surface area contributed by atoms with Crippen LogP contribution in [-0.4, -0.2) is 33.0 Å². The maximum atomic E-state index is 11.5. The summed E-state index contributed by atoms with van der Waals surface area (Å²) >= 11 is 2.46. The van der Waals surface area contributed by atoms with E-state index in [2.05, 4.69) is 10.3 Å². The van der Waals surface area contributed by atoms with Gasteiger partial charge in [-0.3, -0.25) is 9.59 Å². The molecule has 1 aromatic rings. The number of nitrogens with zero attached hydrogens (tertiary/aromatic N) is 1. The van der Waals surface area contributed by atoms with Gasteiger partial charge < -0.3 is 10.4 Å². The quantitative estimate of drug-likeness (QED) is 0.828. The van der Waals surface area contributed by atoms with Crippen LogP contribution in [-0.2, 0) is 9.59 Å². The predicted octanol–water partition coefficient (Wildman–Crippen LogP) is 1.92. The third-order valence-electron chi connectivity index (χ3n) is 1.92. The van der Waals surface area contributed by atoms with Crippen LogP contribution in [0.2, 0.25) is 0 Å². The van der Waals surface area contributed by atoms with Crippen molar-refractivity contribution >= 4 is 40.1 Å². The summed E-state index contributed by atoms with van der Waals surface area (Å²) in [4.78, 5) is 26.3. The summed E-state index contributed by atoms with van der Waals surface area (Å²) in [6.45, 7) is 3.65. The van der Waals surface area contributed by atoms with Gasteiger partial charge in [0.25, 0.3) is 0 Å². The van der Waals surface area contributed by atoms with Gasteiger partial charge in [-0.25, -0.2) is 4.98 Å². The van der Waals surface area contributed by atoms with Gasteiger partial charge in [0.2, 0.25) is 5.91 Å². The normalized spacial score (nSPS) is 12.4. The zero-order valence-electron chi connectivity index (χ0n) is 9.54. The molecule has 0 aliphatic heterocycles. The summed E-state index contributed by atoms with van der Waals surface area (Å²) in [7, 11) is 0. The van der Waals surface area contributed by atoms with E-state index in [1.54, 1.807) is 11.6 Å². The second kappa shape index (κ2) is 6.61. The van der Waals surface area contributed by atoms with Gasteiger partial charge in [0.1, 0.15) is 5.25 Å². The standard InChI is InChI=1S/C10H14N2O3S2/c1-6(2)8(9(14)15)17-5-7(13)12-10-11-3-4-16-10/h3-4,6,8H,5H2,1-2H3,(H,14,15)(H,11,12,13). The lowest BCUT2D eigenvalue weighted by atomic mass is 10.1. The number of carboxylic acid groups (broad SMARTS) is 1. The van der Waals surface area contributed by atoms with Gasteiger partial charge in [-0.05, 0) is 5.92 Å². The van der Waals surface area contributed by atoms with Crippen molar-refractivity contribution in [3.63, 3.8) is 0 Å². The molecule has 0 saturated carbocycles. The number of carbonyl (C=O) groups is 2. The highest BCUT2D eigenvalue weighted by atomic mass is 32.2. The molecule has 1 atom stereocenters. The molecule has 1 aromatic heterocycles. The minimum atomic E-state index is -0.882. The zero-order valence-corrected chi connectivity index (χ0v) is 11.2. The minimum absolute atomic E-state index is 0.00911. The molecule has 1 rings (SSSR count). The van der Waals surface area contributed by atoms with Gasteiger partial charge in [0.15, 0.2) is 5.13 Å². The van der Waals surface area contributed by atoms with Crippen LogP contribution in [0.1, 0.15) is 13.8 Å². The first-order valence-corrected chi connectivity index (χ1v) is 6.97. The van der Waals surface area contributed by atoms with Crippen molar-refractivity contribution in [2.45, 2.75) is 19.1 Å². The van der Waals surface area contributed by atoms with Gasteiger partial charge in [-0.15, -0.1) is 23.1 Å². The Morgan fingerprint density at radius 1 is 1.59 bits per heavy atom. The van der Waals surface area contributed by atoms with E-state index in [1.165, 1.54) is 11.3 Å². The molecule has 0 saturated heterocycles. The Morgan fingerprint density at radius 3 is 2.76 bits per heavy atom. The molecule has 0 aliphatic carbocycles. The monoisotopic (exact) mass is 274 g/mol. The number of rotatable bonds is 6. The number of aromatic nitrogens is 1. The Labute approximate surface area is 108 Å². The van der Waals surface area contributed by atoms with Crippen molar-refractivity contribution < 1.29 is 14.7 Å². The summed E-state index contributed by atoms with van der Waals surface area (Å²) in [5, 5.41) is 13.3. The predicted molar refractivity (Wildman–Crippen MR) is 69.5 cm³/mol. The van der Waals surface area contributed by atoms with Crippen LogP contribution in [0.4, 0.5) is 5.13 Å². The number of anilines is 1. The van der Waals surface area contributed by atoms with E-state index >= 15 is 0 Å². The molecule has 17 heavy (non-hydrogen) atoms. The zero-order chi connectivity index (χ0) is 12.8. The fourth-order valence-electron chi connectivity index (χ4n) is 1.15. The van der Waals surface area contributed by atoms with Crippen LogP contribution in [0.5, 0.6) is 0 Å². The molecule has 0 radical (unpaired) electrons. The van der Waals surface area contributed by atoms with Gasteiger partial charge in [0, 0.05) is 11.6 Å². The first-order chi connectivity index (χ1) is 8.00. The number of hydrogen-bond donors (Lipinski definition) is 2. The highest BCUT2D eigenvalue weighted by molar-refractivity contribution is 8.01. The SMILES string of the molecule is CC(C)C(SCC(=O)Nc1nccs1)C(=O)O. The van der Waals surface area contributed by atoms with Crippen LogP contribution in [0.3, 0.4) is 0 Å². The molecular weight excluding hydrogens is 260 g/mol. The van der Waals surface area contributed by atoms with E-state index in [4.69, 9.17) is 5.11 Å². The number of thiazole rings is 1. The molecule has 1 heterocycles. The van der Waals surface area contributed by atoms with Crippen molar-refractivity contribution in [1.29, 1.82) is 0 Å². The van der Waals surface area contributed by atoms with Crippen molar-refractivity contribution in [3.8, 4) is 0 Å². The second-order valence-electron chi connectivity index (χ2n) is 3.70. The number of amides is 1. The minimum Gasteiger partial charge on any atom is -0.480 e. The number of hydrogen-bond acceptors (Lipinski definition) is 5. The molecule has 0 aromatic carbocycles. The largest absolute Gasteiger partial charge is 0.480 e. The number of carbonyl (C=O) groups excluding carboxylic acids is 1. The van der Waals surface area contributed by atoms with Gasteiger partial charge in [-0.2, -0.15) is 0 Å². The Kier molecular flexibility index (Phi) is 5.43. The summed E-state index contributed by atoms with van der Waals surface area (Å²) in [5.74, 6) is -0.997. The van der Waals surface area contributed by atoms with Crippen LogP contribution >= 0.6 is 23.1 Å². The molecule has 1 unspecified atom stereocenters. The molecule has 0 fully saturated rings. The van der Waals surface area contributed by atoms with E-state index in [0.29, 0.717) is 5.13 Å². The summed E-state index contributed by atoms with van der Waals surface area (Å²) in [6, 6.07) is 0.